The molecule has 6 rings (SSSR count). The SMILES string of the molecule is Cc1ccc(F)cc1-c1cccc2cccc(-n3c4ccccc4c4ccccc43)c12. The molecule has 1 aromatic heterocycles. The molecule has 0 bridgehead atoms. The molecule has 0 saturated heterocycles. The third-order valence-corrected chi connectivity index (χ3v) is 6.19. The number of halogens is 1. The van der Waals surface area contributed by atoms with Crippen LogP contribution < -0.4 is 0 Å². The van der Waals surface area contributed by atoms with E-state index in [1.807, 2.05) is 13.0 Å². The van der Waals surface area contributed by atoms with Gasteiger partial charge in [-0.3, -0.25) is 0 Å². The van der Waals surface area contributed by atoms with Gasteiger partial charge in [0.1, 0.15) is 5.82 Å². The van der Waals surface area contributed by atoms with Crippen LogP contribution in [0.5, 0.6) is 0 Å². The molecular weight excluding hydrogens is 381 g/mol. The molecular formula is C29H20FN. The van der Waals surface area contributed by atoms with Gasteiger partial charge in [0.25, 0.3) is 0 Å². The number of benzene rings is 5. The second-order valence-electron chi connectivity index (χ2n) is 8.01. The van der Waals surface area contributed by atoms with Gasteiger partial charge in [-0.2, -0.15) is 0 Å². The summed E-state index contributed by atoms with van der Waals surface area (Å²) < 4.78 is 16.6. The van der Waals surface area contributed by atoms with Crippen LogP contribution in [0.4, 0.5) is 4.39 Å². The molecule has 6 aromatic rings. The van der Waals surface area contributed by atoms with Crippen molar-refractivity contribution in [3.8, 4) is 16.8 Å². The van der Waals surface area contributed by atoms with Gasteiger partial charge in [0.05, 0.1) is 16.7 Å². The van der Waals surface area contributed by atoms with Crippen LogP contribution in [0.3, 0.4) is 0 Å². The second-order valence-corrected chi connectivity index (χ2v) is 8.01. The molecule has 0 N–H and O–H groups in total. The van der Waals surface area contributed by atoms with Crippen LogP contribution in [0.15, 0.2) is 103 Å². The molecule has 0 aliphatic heterocycles. The fraction of sp³-hybridized carbons (Fsp3) is 0.0345. The van der Waals surface area contributed by atoms with E-state index in [1.54, 1.807) is 6.07 Å². The Labute approximate surface area is 180 Å². The fourth-order valence-corrected chi connectivity index (χ4v) is 4.80. The quantitative estimate of drug-likeness (QED) is 0.277. The molecule has 1 nitrogen and oxygen atoms in total. The minimum absolute atomic E-state index is 0.216. The summed E-state index contributed by atoms with van der Waals surface area (Å²) in [7, 11) is 0. The summed E-state index contributed by atoms with van der Waals surface area (Å²) in [6.07, 6.45) is 0. The monoisotopic (exact) mass is 401 g/mol. The molecule has 0 aliphatic rings. The summed E-state index contributed by atoms with van der Waals surface area (Å²) in [6.45, 7) is 2.04. The first-order valence-corrected chi connectivity index (χ1v) is 10.5. The smallest absolute Gasteiger partial charge is 0.123 e. The zero-order valence-electron chi connectivity index (χ0n) is 17.1. The fourth-order valence-electron chi connectivity index (χ4n) is 4.80. The Hall–Kier alpha value is -3.91. The predicted octanol–water partition coefficient (Wildman–Crippen LogP) is 8.05. The van der Waals surface area contributed by atoms with E-state index in [1.165, 1.54) is 27.9 Å². The summed E-state index contributed by atoms with van der Waals surface area (Å²) >= 11 is 0. The molecule has 0 spiro atoms. The topological polar surface area (TPSA) is 4.93 Å². The highest BCUT2D eigenvalue weighted by molar-refractivity contribution is 6.12. The second kappa shape index (κ2) is 6.82. The maximum atomic E-state index is 14.2. The number of nitrogens with zero attached hydrogens (tertiary/aromatic N) is 1. The first-order chi connectivity index (χ1) is 15.2. The van der Waals surface area contributed by atoms with E-state index in [0.717, 1.165) is 33.2 Å². The van der Waals surface area contributed by atoms with E-state index in [0.29, 0.717) is 0 Å². The van der Waals surface area contributed by atoms with E-state index in [2.05, 4.69) is 89.5 Å². The molecule has 2 heteroatoms. The average Bonchev–Trinajstić information content (AvgIpc) is 3.14. The van der Waals surface area contributed by atoms with Crippen LogP contribution in [-0.2, 0) is 0 Å². The van der Waals surface area contributed by atoms with Crippen molar-refractivity contribution in [1.29, 1.82) is 0 Å². The van der Waals surface area contributed by atoms with Gasteiger partial charge in [-0.25, -0.2) is 4.39 Å². The lowest BCUT2D eigenvalue weighted by Crippen LogP contribution is -1.97. The Bertz CT molecular complexity index is 1550. The van der Waals surface area contributed by atoms with Crippen LogP contribution in [0.25, 0.3) is 49.4 Å². The summed E-state index contributed by atoms with van der Waals surface area (Å²) in [6, 6.07) is 34.7. The summed E-state index contributed by atoms with van der Waals surface area (Å²) in [5, 5.41) is 4.73. The highest BCUT2D eigenvalue weighted by atomic mass is 19.1. The number of fused-ring (bicyclic) bond motifs is 4. The van der Waals surface area contributed by atoms with Gasteiger partial charge in [0.15, 0.2) is 0 Å². The third-order valence-electron chi connectivity index (χ3n) is 6.19. The van der Waals surface area contributed by atoms with E-state index in [4.69, 9.17) is 0 Å². The molecule has 0 fully saturated rings. The molecule has 0 unspecified atom stereocenters. The highest BCUT2D eigenvalue weighted by Gasteiger charge is 2.16. The Morgan fingerprint density at radius 2 is 1.26 bits per heavy atom. The minimum Gasteiger partial charge on any atom is -0.309 e. The molecule has 0 aliphatic carbocycles. The Kier molecular flexibility index (Phi) is 3.94. The van der Waals surface area contributed by atoms with E-state index >= 15 is 0 Å². The molecule has 0 atom stereocenters. The third kappa shape index (κ3) is 2.69. The number of para-hydroxylation sites is 2. The number of rotatable bonds is 2. The van der Waals surface area contributed by atoms with Crippen LogP contribution in [-0.4, -0.2) is 4.57 Å². The van der Waals surface area contributed by atoms with Crippen molar-refractivity contribution in [2.45, 2.75) is 6.92 Å². The summed E-state index contributed by atoms with van der Waals surface area (Å²) in [4.78, 5) is 0. The molecule has 148 valence electrons. The van der Waals surface area contributed by atoms with Gasteiger partial charge in [-0.05, 0) is 59.3 Å². The van der Waals surface area contributed by atoms with Crippen molar-refractivity contribution in [3.05, 3.63) is 115 Å². The van der Waals surface area contributed by atoms with Gasteiger partial charge in [0, 0.05) is 16.2 Å². The van der Waals surface area contributed by atoms with Gasteiger partial charge in [-0.1, -0.05) is 72.8 Å². The molecule has 0 radical (unpaired) electrons. The summed E-state index contributed by atoms with van der Waals surface area (Å²) in [5.41, 5.74) is 6.48. The van der Waals surface area contributed by atoms with E-state index in [-0.39, 0.29) is 5.82 Å². The predicted molar refractivity (Wildman–Crippen MR) is 128 cm³/mol. The standard InChI is InChI=1S/C29H20FN/c1-19-16-17-21(30)18-25(19)24-12-6-8-20-9-7-15-28(29(20)24)31-26-13-4-2-10-22(26)23-11-3-5-14-27(23)31/h2-18H,1H3. The van der Waals surface area contributed by atoms with Crippen molar-refractivity contribution in [2.75, 3.05) is 0 Å². The largest absolute Gasteiger partial charge is 0.309 e. The number of hydrogen-bond acceptors (Lipinski definition) is 0. The molecule has 0 amide bonds. The highest BCUT2D eigenvalue weighted by Crippen LogP contribution is 2.39. The van der Waals surface area contributed by atoms with Gasteiger partial charge in [0.2, 0.25) is 0 Å². The number of aromatic nitrogens is 1. The van der Waals surface area contributed by atoms with Crippen LogP contribution >= 0.6 is 0 Å². The molecule has 31 heavy (non-hydrogen) atoms. The average molecular weight is 401 g/mol. The van der Waals surface area contributed by atoms with Crippen molar-refractivity contribution < 1.29 is 4.39 Å². The Balaban J connectivity index is 1.80. The Morgan fingerprint density at radius 1 is 0.613 bits per heavy atom. The molecule has 1 heterocycles. The zero-order chi connectivity index (χ0) is 20.9. The minimum atomic E-state index is -0.216. The lowest BCUT2D eigenvalue weighted by molar-refractivity contribution is 0.628. The zero-order valence-corrected chi connectivity index (χ0v) is 17.1. The summed E-state index contributed by atoms with van der Waals surface area (Å²) in [5.74, 6) is -0.216. The van der Waals surface area contributed by atoms with Gasteiger partial charge >= 0.3 is 0 Å². The van der Waals surface area contributed by atoms with Crippen LogP contribution in [0, 0.1) is 12.7 Å². The molecule has 5 aromatic carbocycles. The van der Waals surface area contributed by atoms with Gasteiger partial charge < -0.3 is 4.57 Å². The van der Waals surface area contributed by atoms with Crippen molar-refractivity contribution >= 4 is 32.6 Å². The normalized spacial score (nSPS) is 11.5. The van der Waals surface area contributed by atoms with Crippen LogP contribution in [0.2, 0.25) is 0 Å². The van der Waals surface area contributed by atoms with Crippen LogP contribution in [0.1, 0.15) is 5.56 Å². The first kappa shape index (κ1) is 17.9. The Morgan fingerprint density at radius 3 is 1.97 bits per heavy atom. The lowest BCUT2D eigenvalue weighted by atomic mass is 9.94. The number of hydrogen-bond donors (Lipinski definition) is 0. The molecule has 0 saturated carbocycles. The van der Waals surface area contributed by atoms with Crippen molar-refractivity contribution in [1.82, 2.24) is 4.57 Å². The maximum absolute atomic E-state index is 14.2. The van der Waals surface area contributed by atoms with E-state index in [9.17, 15) is 4.39 Å². The van der Waals surface area contributed by atoms with E-state index < -0.39 is 0 Å². The first-order valence-electron chi connectivity index (χ1n) is 10.5. The lowest BCUT2D eigenvalue weighted by Gasteiger charge is -2.16. The van der Waals surface area contributed by atoms with Gasteiger partial charge in [-0.15, -0.1) is 0 Å². The maximum Gasteiger partial charge on any atom is 0.123 e. The van der Waals surface area contributed by atoms with Crippen molar-refractivity contribution in [2.24, 2.45) is 0 Å². The number of aryl methyl sites for hydroxylation is 1. The van der Waals surface area contributed by atoms with Crippen molar-refractivity contribution in [3.63, 3.8) is 0 Å².